The lowest BCUT2D eigenvalue weighted by Crippen LogP contribution is -2.29. The Hall–Kier alpha value is -3.78. The highest BCUT2D eigenvalue weighted by molar-refractivity contribution is 7.10. The molecular formula is C27H25NO6S. The molecule has 0 aliphatic carbocycles. The van der Waals surface area contributed by atoms with Gasteiger partial charge in [0.25, 0.3) is 11.7 Å². The minimum atomic E-state index is -0.793. The van der Waals surface area contributed by atoms with Gasteiger partial charge in [0.05, 0.1) is 32.1 Å². The van der Waals surface area contributed by atoms with Crippen LogP contribution in [0.5, 0.6) is 17.2 Å². The molecule has 35 heavy (non-hydrogen) atoms. The first-order valence-electron chi connectivity index (χ1n) is 11.3. The molecule has 0 saturated carbocycles. The van der Waals surface area contributed by atoms with E-state index in [4.69, 9.17) is 14.2 Å². The molecule has 0 radical (unpaired) electrons. The summed E-state index contributed by atoms with van der Waals surface area (Å²) in [5, 5.41) is 13.3. The van der Waals surface area contributed by atoms with Gasteiger partial charge in [-0.1, -0.05) is 0 Å². The smallest absolute Gasteiger partial charge is 0.300 e. The molecule has 3 aromatic rings. The molecule has 0 bridgehead atoms. The molecule has 180 valence electrons. The maximum Gasteiger partial charge on any atom is 0.300 e. The number of anilines is 1. The minimum Gasteiger partial charge on any atom is -0.507 e. The number of thiophene rings is 1. The highest BCUT2D eigenvalue weighted by Crippen LogP contribution is 2.46. The van der Waals surface area contributed by atoms with Gasteiger partial charge in [-0.2, -0.15) is 0 Å². The van der Waals surface area contributed by atoms with E-state index in [1.807, 2.05) is 24.4 Å². The van der Waals surface area contributed by atoms with Crippen LogP contribution >= 0.6 is 11.3 Å². The molecule has 1 amide bonds. The number of methoxy groups -OCH3 is 2. The van der Waals surface area contributed by atoms with E-state index in [1.54, 1.807) is 30.3 Å². The zero-order valence-electron chi connectivity index (χ0n) is 19.7. The van der Waals surface area contributed by atoms with Crippen LogP contribution in [0.25, 0.3) is 5.76 Å². The number of aliphatic hydroxyl groups is 1. The van der Waals surface area contributed by atoms with Crippen LogP contribution in [0.15, 0.2) is 53.4 Å². The second-order valence-corrected chi connectivity index (χ2v) is 9.43. The van der Waals surface area contributed by atoms with Gasteiger partial charge in [-0.25, -0.2) is 0 Å². The van der Waals surface area contributed by atoms with Gasteiger partial charge in [0, 0.05) is 28.6 Å². The maximum absolute atomic E-state index is 13.4. The second kappa shape index (κ2) is 9.11. The van der Waals surface area contributed by atoms with Gasteiger partial charge in [0.1, 0.15) is 29.0 Å². The van der Waals surface area contributed by atoms with Crippen LogP contribution in [0.3, 0.4) is 0 Å². The van der Waals surface area contributed by atoms with Crippen LogP contribution in [0, 0.1) is 6.92 Å². The van der Waals surface area contributed by atoms with Crippen molar-refractivity contribution in [3.8, 4) is 17.2 Å². The molecule has 1 atom stereocenters. The topological polar surface area (TPSA) is 85.3 Å². The standard InChI is InChI=1S/C27H25NO6S/c1-15-8-10-35-26(15)23-22(24(29)17-6-7-21-16(11-17)5-4-9-34-21)25(30)27(31)28(23)18-12-19(32-2)14-20(13-18)33-3/h6-8,10-14,23,29H,4-5,9H2,1-3H3/b24-22-. The number of carbonyl (C=O) groups is 2. The molecule has 1 unspecified atom stereocenters. The Morgan fingerprint density at radius 3 is 2.49 bits per heavy atom. The van der Waals surface area contributed by atoms with Gasteiger partial charge in [0.2, 0.25) is 0 Å². The lowest BCUT2D eigenvalue weighted by molar-refractivity contribution is -0.132. The number of ketones is 1. The zero-order valence-corrected chi connectivity index (χ0v) is 20.5. The number of benzene rings is 2. The van der Waals surface area contributed by atoms with Gasteiger partial charge in [0.15, 0.2) is 0 Å². The lowest BCUT2D eigenvalue weighted by Gasteiger charge is -2.26. The molecule has 5 rings (SSSR count). The summed E-state index contributed by atoms with van der Waals surface area (Å²) in [4.78, 5) is 29.1. The Morgan fingerprint density at radius 2 is 1.83 bits per heavy atom. The van der Waals surface area contributed by atoms with E-state index in [9.17, 15) is 14.7 Å². The van der Waals surface area contributed by atoms with Crippen LogP contribution in [0.1, 0.15) is 34.0 Å². The Kier molecular flexibility index (Phi) is 5.98. The number of hydrogen-bond donors (Lipinski definition) is 1. The molecule has 1 fully saturated rings. The monoisotopic (exact) mass is 491 g/mol. The number of Topliss-reactive ketones (excluding diaryl/α,β-unsaturated/α-hetero) is 1. The molecule has 2 aliphatic heterocycles. The first kappa shape index (κ1) is 23.0. The van der Waals surface area contributed by atoms with E-state index in [-0.39, 0.29) is 11.3 Å². The Bertz CT molecular complexity index is 1340. The number of hydrogen-bond acceptors (Lipinski definition) is 7. The third kappa shape index (κ3) is 3.93. The third-order valence-corrected chi connectivity index (χ3v) is 7.46. The highest BCUT2D eigenvalue weighted by atomic mass is 32.1. The number of nitrogens with zero attached hydrogens (tertiary/aromatic N) is 1. The van der Waals surface area contributed by atoms with Crippen LogP contribution in [-0.2, 0) is 16.0 Å². The van der Waals surface area contributed by atoms with E-state index in [0.717, 1.165) is 34.6 Å². The summed E-state index contributed by atoms with van der Waals surface area (Å²) in [6.07, 6.45) is 1.70. The van der Waals surface area contributed by atoms with Gasteiger partial charge in [-0.3, -0.25) is 14.5 Å². The normalized spacial score (nSPS) is 18.8. The first-order chi connectivity index (χ1) is 16.9. The lowest BCUT2D eigenvalue weighted by atomic mass is 9.96. The van der Waals surface area contributed by atoms with Crippen molar-refractivity contribution >= 4 is 34.5 Å². The summed E-state index contributed by atoms with van der Waals surface area (Å²) < 4.78 is 16.5. The van der Waals surface area contributed by atoms with Crippen molar-refractivity contribution in [3.05, 3.63) is 75.0 Å². The molecular weight excluding hydrogens is 466 g/mol. The fourth-order valence-electron chi connectivity index (χ4n) is 4.61. The van der Waals surface area contributed by atoms with Gasteiger partial charge < -0.3 is 19.3 Å². The molecule has 1 aromatic heterocycles. The van der Waals surface area contributed by atoms with Crippen LogP contribution < -0.4 is 19.1 Å². The number of aryl methyl sites for hydroxylation is 2. The number of aliphatic hydroxyl groups excluding tert-OH is 1. The fraction of sp³-hybridized carbons (Fsp3) is 0.259. The van der Waals surface area contributed by atoms with Crippen molar-refractivity contribution in [3.63, 3.8) is 0 Å². The van der Waals surface area contributed by atoms with Crippen LogP contribution in [0.2, 0.25) is 0 Å². The summed E-state index contributed by atoms with van der Waals surface area (Å²) >= 11 is 1.43. The van der Waals surface area contributed by atoms with E-state index in [2.05, 4.69) is 0 Å². The van der Waals surface area contributed by atoms with Crippen molar-refractivity contribution in [2.24, 2.45) is 0 Å². The summed E-state index contributed by atoms with van der Waals surface area (Å²) in [6, 6.07) is 11.6. The van der Waals surface area contributed by atoms with Crippen molar-refractivity contribution in [1.82, 2.24) is 0 Å². The predicted octanol–water partition coefficient (Wildman–Crippen LogP) is 5.03. The van der Waals surface area contributed by atoms with Crippen molar-refractivity contribution < 1.29 is 28.9 Å². The highest BCUT2D eigenvalue weighted by Gasteiger charge is 2.48. The molecule has 7 nitrogen and oxygen atoms in total. The van der Waals surface area contributed by atoms with Crippen molar-refractivity contribution in [2.75, 3.05) is 25.7 Å². The molecule has 3 heterocycles. The average Bonchev–Trinajstić information content (AvgIpc) is 3.42. The first-order valence-corrected chi connectivity index (χ1v) is 12.1. The van der Waals surface area contributed by atoms with Crippen molar-refractivity contribution in [2.45, 2.75) is 25.8 Å². The number of ether oxygens (including phenoxy) is 3. The average molecular weight is 492 g/mol. The predicted molar refractivity (Wildman–Crippen MR) is 134 cm³/mol. The Balaban J connectivity index is 1.70. The van der Waals surface area contributed by atoms with E-state index in [0.29, 0.717) is 29.4 Å². The van der Waals surface area contributed by atoms with Crippen LogP contribution in [-0.4, -0.2) is 37.6 Å². The van der Waals surface area contributed by atoms with E-state index >= 15 is 0 Å². The summed E-state index contributed by atoms with van der Waals surface area (Å²) in [6.45, 7) is 2.58. The third-order valence-electron chi connectivity index (χ3n) is 6.39. The summed E-state index contributed by atoms with van der Waals surface area (Å²) in [5.41, 5.74) is 2.87. The fourth-order valence-corrected chi connectivity index (χ4v) is 5.63. The Labute approximate surface area is 207 Å². The zero-order chi connectivity index (χ0) is 24.7. The molecule has 2 aromatic carbocycles. The minimum absolute atomic E-state index is 0.0546. The quantitative estimate of drug-likeness (QED) is 0.306. The van der Waals surface area contributed by atoms with E-state index < -0.39 is 17.7 Å². The van der Waals surface area contributed by atoms with Gasteiger partial charge in [-0.15, -0.1) is 11.3 Å². The number of rotatable bonds is 5. The number of fused-ring (bicyclic) bond motifs is 1. The Morgan fingerprint density at radius 1 is 1.09 bits per heavy atom. The summed E-state index contributed by atoms with van der Waals surface area (Å²) in [5.74, 6) is 0.0847. The maximum atomic E-state index is 13.4. The molecule has 0 spiro atoms. The largest absolute Gasteiger partial charge is 0.507 e. The van der Waals surface area contributed by atoms with Gasteiger partial charge in [-0.05, 0) is 60.5 Å². The molecule has 2 aliphatic rings. The van der Waals surface area contributed by atoms with Crippen molar-refractivity contribution in [1.29, 1.82) is 0 Å². The molecule has 1 saturated heterocycles. The molecule has 8 heteroatoms. The van der Waals surface area contributed by atoms with Crippen LogP contribution in [0.4, 0.5) is 5.69 Å². The molecule has 1 N–H and O–H groups in total. The summed E-state index contributed by atoms with van der Waals surface area (Å²) in [7, 11) is 3.04. The van der Waals surface area contributed by atoms with Gasteiger partial charge >= 0.3 is 0 Å². The number of amides is 1. The second-order valence-electron chi connectivity index (χ2n) is 8.48. The van der Waals surface area contributed by atoms with E-state index in [1.165, 1.54) is 30.5 Å². The SMILES string of the molecule is COc1cc(OC)cc(N2C(=O)C(=O)/C(=C(\O)c3ccc4c(c3)CCCO4)C2c2sccc2C)c1. The number of carbonyl (C=O) groups excluding carboxylic acids is 2.